The Morgan fingerprint density at radius 1 is 1.12 bits per heavy atom. The van der Waals surface area contributed by atoms with Gasteiger partial charge >= 0.3 is 0 Å². The van der Waals surface area contributed by atoms with E-state index in [9.17, 15) is 20.4 Å². The van der Waals surface area contributed by atoms with Crippen molar-refractivity contribution in [2.45, 2.75) is 83.8 Å². The van der Waals surface area contributed by atoms with Gasteiger partial charge in [0.15, 0.2) is 0 Å². The van der Waals surface area contributed by atoms with Gasteiger partial charge in [-0.3, -0.25) is 4.68 Å². The first kappa shape index (κ1) is 18.3. The van der Waals surface area contributed by atoms with Crippen LogP contribution in [0.25, 0.3) is 0 Å². The summed E-state index contributed by atoms with van der Waals surface area (Å²) in [6, 6.07) is 5.54. The van der Waals surface area contributed by atoms with Gasteiger partial charge in [0.2, 0.25) is 12.2 Å². The fourth-order valence-electron chi connectivity index (χ4n) is 3.29. The van der Waals surface area contributed by atoms with Crippen LogP contribution >= 0.6 is 0 Å². The highest BCUT2D eigenvalue weighted by Gasteiger charge is 2.45. The molecule has 4 N–H and O–H groups in total. The second kappa shape index (κ2) is 10.2. The van der Waals surface area contributed by atoms with Crippen LogP contribution in [0.15, 0.2) is 24.3 Å². The first-order chi connectivity index (χ1) is 17.1. The minimum Gasteiger partial charge on any atom is -0.491 e. The van der Waals surface area contributed by atoms with Crippen LogP contribution in [0.1, 0.15) is 57.4 Å². The predicted octanol–water partition coefficient (Wildman–Crippen LogP) is 1.33. The number of aliphatic hydroxyl groups is 4. The van der Waals surface area contributed by atoms with Crippen molar-refractivity contribution in [2.24, 2.45) is 0 Å². The lowest BCUT2D eigenvalue weighted by Gasteiger charge is -2.39. The van der Waals surface area contributed by atoms with Crippen LogP contribution < -0.4 is 9.47 Å². The van der Waals surface area contributed by atoms with E-state index < -0.39 is 73.7 Å². The molecule has 1 aromatic carbocycles. The zero-order valence-corrected chi connectivity index (χ0v) is 18.5. The zero-order chi connectivity index (χ0) is 27.9. The topological polar surface area (TPSA) is 126 Å². The molecule has 1 fully saturated rings. The number of hydrogen-bond donors (Lipinski definition) is 4. The fourth-order valence-corrected chi connectivity index (χ4v) is 3.29. The molecule has 0 spiro atoms. The Bertz CT molecular complexity index is 1060. The zero-order valence-electron chi connectivity index (χ0n) is 23.5. The third-order valence-electron chi connectivity index (χ3n) is 4.94. The molecule has 32 heavy (non-hydrogen) atoms. The molecule has 1 aliphatic rings. The molecule has 0 radical (unpaired) electrons. The Kier molecular flexibility index (Phi) is 5.82. The molecular weight excluding hydrogens is 416 g/mol. The lowest BCUT2D eigenvalue weighted by Crippen LogP contribution is -2.60. The summed E-state index contributed by atoms with van der Waals surface area (Å²) in [6.45, 7) is 3.51. The maximum Gasteiger partial charge on any atom is 0.239 e. The molecule has 1 saturated heterocycles. The average Bonchev–Trinajstić information content (AvgIpc) is 3.20. The molecule has 0 aliphatic carbocycles. The molecule has 0 unspecified atom stereocenters. The monoisotopic (exact) mass is 455 g/mol. The second-order valence-electron chi connectivity index (χ2n) is 8.20. The SMILES string of the molecule is [2H]C([2H])([2H])c1c(C([2H])([2H])c2ccc(OC(C)C)cc2)c(O[C@@H]2O[C@H](CO)[C@@H](O)[C@H](O)[C@H]2O)nn1C(C)C. The van der Waals surface area contributed by atoms with Gasteiger partial charge in [-0.2, -0.15) is 0 Å². The van der Waals surface area contributed by atoms with E-state index in [0.29, 0.717) is 5.75 Å². The first-order valence-corrected chi connectivity index (χ1v) is 10.5. The molecule has 3 rings (SSSR count). The number of nitrogens with zero attached hydrogens (tertiary/aromatic N) is 2. The summed E-state index contributed by atoms with van der Waals surface area (Å²) >= 11 is 0. The van der Waals surface area contributed by atoms with Crippen LogP contribution in [-0.2, 0) is 11.1 Å². The van der Waals surface area contributed by atoms with E-state index in [4.69, 9.17) is 21.1 Å². The van der Waals surface area contributed by atoms with E-state index in [1.165, 1.54) is 12.1 Å². The summed E-state index contributed by atoms with van der Waals surface area (Å²) in [5, 5.41) is 44.4. The summed E-state index contributed by atoms with van der Waals surface area (Å²) in [5.41, 5.74) is -0.721. The van der Waals surface area contributed by atoms with E-state index >= 15 is 0 Å². The molecular formula is C23H34N2O7. The smallest absolute Gasteiger partial charge is 0.239 e. The molecule has 1 aromatic heterocycles. The predicted molar refractivity (Wildman–Crippen MR) is 117 cm³/mol. The molecule has 9 nitrogen and oxygen atoms in total. The number of rotatable bonds is 8. The third kappa shape index (κ3) is 5.24. The summed E-state index contributed by atoms with van der Waals surface area (Å²) in [7, 11) is 0. The molecule has 5 atom stereocenters. The molecule has 9 heteroatoms. The third-order valence-corrected chi connectivity index (χ3v) is 4.94. The standard InChI is InChI=1S/C23H34N2O7/c1-12(2)25-14(5)17(10-15-6-8-16(9-7-15)30-13(3)4)22(24-25)32-23-21(29)20(28)19(27)18(11-26)31-23/h6-9,12-13,18-21,23,26-29H,10-11H2,1-5H3/t18-,19-,20+,21-,23+/m1/s1/i5D3,10D2. The van der Waals surface area contributed by atoms with Crippen molar-refractivity contribution in [1.82, 2.24) is 9.78 Å². The lowest BCUT2D eigenvalue weighted by molar-refractivity contribution is -0.278. The Hall–Kier alpha value is -2.17. The summed E-state index contributed by atoms with van der Waals surface area (Å²) in [5.74, 6) is 0.0259. The molecule has 1 aliphatic heterocycles. The summed E-state index contributed by atoms with van der Waals surface area (Å²) in [6.07, 6.45) is -10.7. The highest BCUT2D eigenvalue weighted by molar-refractivity contribution is 5.38. The molecule has 2 heterocycles. The highest BCUT2D eigenvalue weighted by atomic mass is 16.7. The van der Waals surface area contributed by atoms with Gasteiger partial charge in [-0.1, -0.05) is 12.1 Å². The first-order valence-electron chi connectivity index (χ1n) is 13.0. The van der Waals surface area contributed by atoms with E-state index in [0.717, 1.165) is 4.68 Å². The molecule has 0 amide bonds. The number of ether oxygens (including phenoxy) is 3. The van der Waals surface area contributed by atoms with Gasteiger partial charge in [0.25, 0.3) is 0 Å². The van der Waals surface area contributed by atoms with Crippen LogP contribution in [0, 0.1) is 6.85 Å². The van der Waals surface area contributed by atoms with Gasteiger partial charge in [-0.05, 0) is 52.2 Å². The fraction of sp³-hybridized carbons (Fsp3) is 0.609. The van der Waals surface area contributed by atoms with Crippen molar-refractivity contribution in [3.05, 3.63) is 41.1 Å². The summed E-state index contributed by atoms with van der Waals surface area (Å²) < 4.78 is 60.2. The van der Waals surface area contributed by atoms with Gasteiger partial charge in [-0.25, -0.2) is 0 Å². The average molecular weight is 456 g/mol. The number of benzene rings is 1. The highest BCUT2D eigenvalue weighted by Crippen LogP contribution is 2.31. The van der Waals surface area contributed by atoms with E-state index in [-0.39, 0.29) is 11.7 Å². The van der Waals surface area contributed by atoms with Crippen LogP contribution in [0.2, 0.25) is 0 Å². The minimum atomic E-state index is -2.81. The van der Waals surface area contributed by atoms with Crippen molar-refractivity contribution in [1.29, 1.82) is 0 Å². The Balaban J connectivity index is 2.15. The second-order valence-corrected chi connectivity index (χ2v) is 8.20. The van der Waals surface area contributed by atoms with Gasteiger partial charge in [0.1, 0.15) is 30.2 Å². The van der Waals surface area contributed by atoms with E-state index in [2.05, 4.69) is 5.10 Å². The van der Waals surface area contributed by atoms with E-state index in [1.807, 2.05) is 13.8 Å². The Labute approximate surface area is 195 Å². The van der Waals surface area contributed by atoms with Crippen molar-refractivity contribution in [2.75, 3.05) is 6.61 Å². The van der Waals surface area contributed by atoms with Crippen molar-refractivity contribution in [3.63, 3.8) is 0 Å². The van der Waals surface area contributed by atoms with Crippen molar-refractivity contribution < 1.29 is 41.5 Å². The Morgan fingerprint density at radius 2 is 1.81 bits per heavy atom. The number of hydrogen-bond acceptors (Lipinski definition) is 8. The minimum absolute atomic E-state index is 0.0936. The van der Waals surface area contributed by atoms with Crippen molar-refractivity contribution in [3.8, 4) is 11.6 Å². The van der Waals surface area contributed by atoms with Gasteiger partial charge < -0.3 is 34.6 Å². The van der Waals surface area contributed by atoms with Crippen LogP contribution in [0.5, 0.6) is 11.6 Å². The largest absolute Gasteiger partial charge is 0.491 e. The van der Waals surface area contributed by atoms with Gasteiger partial charge in [0, 0.05) is 30.5 Å². The molecule has 178 valence electrons. The number of aliphatic hydroxyl groups excluding tert-OH is 4. The maximum atomic E-state index is 10.4. The normalized spacial score (nSPS) is 29.2. The van der Waals surface area contributed by atoms with Gasteiger partial charge in [-0.15, -0.1) is 5.10 Å². The Morgan fingerprint density at radius 3 is 2.38 bits per heavy atom. The van der Waals surface area contributed by atoms with Crippen LogP contribution in [-0.4, -0.2) is 73.6 Å². The molecule has 2 aromatic rings. The lowest BCUT2D eigenvalue weighted by atomic mass is 9.99. The van der Waals surface area contributed by atoms with Crippen LogP contribution in [0.4, 0.5) is 0 Å². The molecule has 0 saturated carbocycles. The maximum absolute atomic E-state index is 10.4. The summed E-state index contributed by atoms with van der Waals surface area (Å²) in [4.78, 5) is 0. The van der Waals surface area contributed by atoms with Crippen LogP contribution in [0.3, 0.4) is 0 Å². The van der Waals surface area contributed by atoms with Gasteiger partial charge in [0.05, 0.1) is 12.7 Å². The van der Waals surface area contributed by atoms with E-state index in [1.54, 1.807) is 26.0 Å². The quantitative estimate of drug-likeness (QED) is 0.470. The van der Waals surface area contributed by atoms with Crippen molar-refractivity contribution >= 4 is 0 Å². The molecule has 0 bridgehead atoms. The number of aromatic nitrogens is 2.